The van der Waals surface area contributed by atoms with Gasteiger partial charge in [-0.2, -0.15) is 0 Å². The summed E-state index contributed by atoms with van der Waals surface area (Å²) >= 11 is 1.61. The van der Waals surface area contributed by atoms with E-state index in [1.165, 1.54) is 0 Å². The van der Waals surface area contributed by atoms with Crippen LogP contribution in [-0.2, 0) is 6.42 Å². The summed E-state index contributed by atoms with van der Waals surface area (Å²) in [6.45, 7) is 2.14. The van der Waals surface area contributed by atoms with E-state index in [0.29, 0.717) is 5.92 Å². The van der Waals surface area contributed by atoms with Gasteiger partial charge < -0.3 is 10.4 Å². The second-order valence-corrected chi connectivity index (χ2v) is 6.57. The SMILES string of the molecule is CCCc1nnc(N[C@H](c2ccccn2)C2CC(O)C2)s1. The number of aryl methyl sites for hydroxylation is 1. The highest BCUT2D eigenvalue weighted by molar-refractivity contribution is 7.15. The Morgan fingerprint density at radius 3 is 2.90 bits per heavy atom. The molecule has 1 aliphatic rings. The number of anilines is 1. The van der Waals surface area contributed by atoms with Gasteiger partial charge in [0.25, 0.3) is 0 Å². The minimum atomic E-state index is -0.173. The largest absolute Gasteiger partial charge is 0.393 e. The Bertz CT molecular complexity index is 568. The molecule has 0 amide bonds. The average molecular weight is 304 g/mol. The smallest absolute Gasteiger partial charge is 0.206 e. The van der Waals surface area contributed by atoms with E-state index in [4.69, 9.17) is 0 Å². The van der Waals surface area contributed by atoms with Gasteiger partial charge in [-0.3, -0.25) is 4.98 Å². The molecule has 5 nitrogen and oxygen atoms in total. The van der Waals surface area contributed by atoms with Crippen LogP contribution in [0.15, 0.2) is 24.4 Å². The lowest BCUT2D eigenvalue weighted by Gasteiger charge is -2.37. The van der Waals surface area contributed by atoms with Gasteiger partial charge in [0, 0.05) is 12.6 Å². The van der Waals surface area contributed by atoms with Gasteiger partial charge in [-0.25, -0.2) is 0 Å². The zero-order chi connectivity index (χ0) is 14.7. The molecule has 1 atom stereocenters. The van der Waals surface area contributed by atoms with Crippen LogP contribution in [0.2, 0.25) is 0 Å². The molecule has 0 bridgehead atoms. The molecular formula is C15H20N4OS. The molecule has 6 heteroatoms. The van der Waals surface area contributed by atoms with Crippen LogP contribution in [0.4, 0.5) is 5.13 Å². The lowest BCUT2D eigenvalue weighted by molar-refractivity contribution is 0.0334. The highest BCUT2D eigenvalue weighted by atomic mass is 32.1. The van der Waals surface area contributed by atoms with Gasteiger partial charge in [0.2, 0.25) is 5.13 Å². The molecule has 0 aromatic carbocycles. The third-order valence-corrected chi connectivity index (χ3v) is 4.75. The van der Waals surface area contributed by atoms with Crippen LogP contribution >= 0.6 is 11.3 Å². The van der Waals surface area contributed by atoms with Crippen LogP contribution in [0.5, 0.6) is 0 Å². The first-order valence-corrected chi connectivity index (χ1v) is 8.25. The van der Waals surface area contributed by atoms with Crippen molar-refractivity contribution in [3.63, 3.8) is 0 Å². The van der Waals surface area contributed by atoms with Crippen molar-refractivity contribution in [3.05, 3.63) is 35.1 Å². The first kappa shape index (κ1) is 14.4. The topological polar surface area (TPSA) is 70.9 Å². The van der Waals surface area contributed by atoms with Crippen molar-refractivity contribution in [3.8, 4) is 0 Å². The molecular weight excluding hydrogens is 284 g/mol. The summed E-state index contributed by atoms with van der Waals surface area (Å²) in [7, 11) is 0. The van der Waals surface area contributed by atoms with Gasteiger partial charge in [-0.05, 0) is 37.3 Å². The van der Waals surface area contributed by atoms with Crippen molar-refractivity contribution in [1.29, 1.82) is 0 Å². The Labute approximate surface area is 128 Å². The van der Waals surface area contributed by atoms with Crippen molar-refractivity contribution in [1.82, 2.24) is 15.2 Å². The molecule has 1 fully saturated rings. The van der Waals surface area contributed by atoms with E-state index in [0.717, 1.165) is 41.5 Å². The number of aliphatic hydroxyl groups excluding tert-OH is 1. The van der Waals surface area contributed by atoms with Crippen molar-refractivity contribution >= 4 is 16.5 Å². The van der Waals surface area contributed by atoms with Crippen LogP contribution in [0.25, 0.3) is 0 Å². The minimum Gasteiger partial charge on any atom is -0.393 e. The van der Waals surface area contributed by atoms with Gasteiger partial charge in [-0.15, -0.1) is 10.2 Å². The van der Waals surface area contributed by atoms with Crippen LogP contribution in [0, 0.1) is 5.92 Å². The molecule has 0 unspecified atom stereocenters. The maximum Gasteiger partial charge on any atom is 0.206 e. The predicted molar refractivity (Wildman–Crippen MR) is 83.2 cm³/mol. The number of hydrogen-bond acceptors (Lipinski definition) is 6. The number of aromatic nitrogens is 3. The standard InChI is InChI=1S/C15H20N4OS/c1-2-5-13-18-19-15(21-13)17-14(10-8-11(20)9-10)12-6-3-4-7-16-12/h3-4,6-7,10-11,14,20H,2,5,8-9H2,1H3,(H,17,19)/t10?,11?,14-/m0/s1. The summed E-state index contributed by atoms with van der Waals surface area (Å²) in [5, 5.41) is 23.4. The Balaban J connectivity index is 1.75. The molecule has 2 aromatic rings. The Hall–Kier alpha value is -1.53. The van der Waals surface area contributed by atoms with Gasteiger partial charge in [0.1, 0.15) is 5.01 Å². The highest BCUT2D eigenvalue weighted by Gasteiger charge is 2.35. The molecule has 0 aliphatic heterocycles. The summed E-state index contributed by atoms with van der Waals surface area (Å²) in [4.78, 5) is 4.46. The number of hydrogen-bond donors (Lipinski definition) is 2. The Morgan fingerprint density at radius 1 is 1.38 bits per heavy atom. The molecule has 0 radical (unpaired) electrons. The number of nitrogens with zero attached hydrogens (tertiary/aromatic N) is 3. The second-order valence-electron chi connectivity index (χ2n) is 5.51. The molecule has 21 heavy (non-hydrogen) atoms. The Morgan fingerprint density at radius 2 is 2.24 bits per heavy atom. The zero-order valence-electron chi connectivity index (χ0n) is 12.1. The number of aliphatic hydroxyl groups is 1. The number of pyridine rings is 1. The van der Waals surface area contributed by atoms with Crippen molar-refractivity contribution in [2.24, 2.45) is 5.92 Å². The van der Waals surface area contributed by atoms with Crippen LogP contribution in [-0.4, -0.2) is 26.4 Å². The fourth-order valence-electron chi connectivity index (χ4n) is 2.66. The van der Waals surface area contributed by atoms with Crippen LogP contribution in [0.1, 0.15) is 42.9 Å². The van der Waals surface area contributed by atoms with Crippen LogP contribution < -0.4 is 5.32 Å². The van der Waals surface area contributed by atoms with E-state index < -0.39 is 0 Å². The first-order valence-electron chi connectivity index (χ1n) is 7.44. The third-order valence-electron chi connectivity index (χ3n) is 3.84. The van der Waals surface area contributed by atoms with Crippen molar-refractivity contribution in [2.45, 2.75) is 44.8 Å². The van der Waals surface area contributed by atoms with Crippen molar-refractivity contribution < 1.29 is 5.11 Å². The molecule has 0 spiro atoms. The normalized spacial score (nSPS) is 22.6. The molecule has 1 aliphatic carbocycles. The third kappa shape index (κ3) is 3.39. The fraction of sp³-hybridized carbons (Fsp3) is 0.533. The molecule has 2 N–H and O–H groups in total. The summed E-state index contributed by atoms with van der Waals surface area (Å²) in [6, 6.07) is 6.03. The summed E-state index contributed by atoms with van der Waals surface area (Å²) < 4.78 is 0. The first-order chi connectivity index (χ1) is 10.3. The maximum atomic E-state index is 9.58. The van der Waals surface area contributed by atoms with Crippen molar-refractivity contribution in [2.75, 3.05) is 5.32 Å². The van der Waals surface area contributed by atoms with Gasteiger partial charge in [-0.1, -0.05) is 24.3 Å². The number of rotatable bonds is 6. The summed E-state index contributed by atoms with van der Waals surface area (Å²) in [5.41, 5.74) is 1.00. The fourth-order valence-corrected chi connectivity index (χ4v) is 3.53. The Kier molecular flexibility index (Phi) is 4.45. The molecule has 1 saturated carbocycles. The van der Waals surface area contributed by atoms with E-state index in [2.05, 4.69) is 27.4 Å². The summed E-state index contributed by atoms with van der Waals surface area (Å²) in [5.74, 6) is 0.397. The number of nitrogens with one attached hydrogen (secondary N) is 1. The monoisotopic (exact) mass is 304 g/mol. The van der Waals surface area contributed by atoms with Gasteiger partial charge in [0.15, 0.2) is 0 Å². The lowest BCUT2D eigenvalue weighted by atomic mass is 9.76. The van der Waals surface area contributed by atoms with E-state index >= 15 is 0 Å². The molecule has 2 aromatic heterocycles. The molecule has 2 heterocycles. The van der Waals surface area contributed by atoms with E-state index in [1.54, 1.807) is 11.3 Å². The van der Waals surface area contributed by atoms with Crippen LogP contribution in [0.3, 0.4) is 0 Å². The van der Waals surface area contributed by atoms with Gasteiger partial charge in [0.05, 0.1) is 17.8 Å². The summed E-state index contributed by atoms with van der Waals surface area (Å²) in [6.07, 6.45) is 5.31. The maximum absolute atomic E-state index is 9.58. The minimum absolute atomic E-state index is 0.0945. The van der Waals surface area contributed by atoms with E-state index in [-0.39, 0.29) is 12.1 Å². The molecule has 0 saturated heterocycles. The molecule has 3 rings (SSSR count). The molecule has 112 valence electrons. The van der Waals surface area contributed by atoms with E-state index in [9.17, 15) is 5.11 Å². The lowest BCUT2D eigenvalue weighted by Crippen LogP contribution is -2.36. The average Bonchev–Trinajstić information content (AvgIpc) is 2.91. The quantitative estimate of drug-likeness (QED) is 0.858. The van der Waals surface area contributed by atoms with Gasteiger partial charge >= 0.3 is 0 Å². The predicted octanol–water partition coefficient (Wildman–Crippen LogP) is 2.81. The highest BCUT2D eigenvalue weighted by Crippen LogP contribution is 2.39. The van der Waals surface area contributed by atoms with E-state index in [1.807, 2.05) is 24.4 Å². The zero-order valence-corrected chi connectivity index (χ0v) is 12.9. The second kappa shape index (κ2) is 6.49.